The molecule has 0 aliphatic carbocycles. The van der Waals surface area contributed by atoms with Gasteiger partial charge in [0.25, 0.3) is 5.91 Å². The van der Waals surface area contributed by atoms with Gasteiger partial charge in [-0.15, -0.1) is 0 Å². The van der Waals surface area contributed by atoms with E-state index in [0.29, 0.717) is 6.54 Å². The summed E-state index contributed by atoms with van der Waals surface area (Å²) < 4.78 is 0. The highest BCUT2D eigenvalue weighted by Crippen LogP contribution is 2.21. The van der Waals surface area contributed by atoms with Crippen molar-refractivity contribution in [2.24, 2.45) is 0 Å². The van der Waals surface area contributed by atoms with E-state index in [0.717, 1.165) is 11.1 Å². The summed E-state index contributed by atoms with van der Waals surface area (Å²) in [6.45, 7) is 0.746. The third-order valence-corrected chi connectivity index (χ3v) is 2.16. The summed E-state index contributed by atoms with van der Waals surface area (Å²) in [5, 5.41) is 8.48. The lowest BCUT2D eigenvalue weighted by Gasteiger charge is -2.08. The number of carbonyl (C=O) groups excluding carboxylic acids is 1. The first-order valence-electron chi connectivity index (χ1n) is 4.07. The van der Waals surface area contributed by atoms with Crippen molar-refractivity contribution in [1.29, 1.82) is 5.26 Å². The summed E-state index contributed by atoms with van der Waals surface area (Å²) in [4.78, 5) is 13.1. The molecule has 2 rings (SSSR count). The number of carbonyl (C=O) groups is 1. The summed E-state index contributed by atoms with van der Waals surface area (Å²) in [7, 11) is 0. The first-order chi connectivity index (χ1) is 6.33. The van der Waals surface area contributed by atoms with Crippen LogP contribution in [0.15, 0.2) is 24.3 Å². The van der Waals surface area contributed by atoms with Crippen molar-refractivity contribution < 1.29 is 4.79 Å². The molecule has 0 N–H and O–H groups in total. The van der Waals surface area contributed by atoms with Crippen molar-refractivity contribution in [3.8, 4) is 6.07 Å². The average Bonchev–Trinajstić information content (AvgIpc) is 2.46. The molecule has 0 fully saturated rings. The minimum absolute atomic E-state index is 0.0304. The van der Waals surface area contributed by atoms with Crippen LogP contribution in [0.2, 0.25) is 0 Å². The normalized spacial score (nSPS) is 14.1. The van der Waals surface area contributed by atoms with E-state index < -0.39 is 0 Å². The molecule has 0 atom stereocenters. The maximum atomic E-state index is 11.6. The number of fused-ring (bicyclic) bond motifs is 1. The van der Waals surface area contributed by atoms with Crippen LogP contribution in [0.4, 0.5) is 0 Å². The molecule has 64 valence electrons. The fraction of sp³-hybridized carbons (Fsp3) is 0.200. The van der Waals surface area contributed by atoms with Crippen LogP contribution in [-0.2, 0) is 6.54 Å². The lowest BCUT2D eigenvalue weighted by molar-refractivity contribution is 0.0798. The molecule has 1 aliphatic heterocycles. The van der Waals surface area contributed by atoms with Crippen LogP contribution >= 0.6 is 0 Å². The molecule has 0 radical (unpaired) electrons. The Hall–Kier alpha value is -1.82. The van der Waals surface area contributed by atoms with Gasteiger partial charge in [-0.25, -0.2) is 0 Å². The van der Waals surface area contributed by atoms with Crippen LogP contribution in [0.5, 0.6) is 0 Å². The third kappa shape index (κ3) is 1.17. The molecule has 0 saturated heterocycles. The smallest absolute Gasteiger partial charge is 0.255 e. The predicted octanol–water partition coefficient (Wildman–Crippen LogP) is 1.17. The highest BCUT2D eigenvalue weighted by atomic mass is 16.2. The average molecular weight is 172 g/mol. The van der Waals surface area contributed by atoms with Gasteiger partial charge in [-0.3, -0.25) is 4.79 Å². The van der Waals surface area contributed by atoms with Crippen molar-refractivity contribution in [3.63, 3.8) is 0 Å². The lowest BCUT2D eigenvalue weighted by Crippen LogP contribution is -2.23. The molecule has 1 amide bonds. The molecule has 0 bridgehead atoms. The Kier molecular flexibility index (Phi) is 1.75. The third-order valence-electron chi connectivity index (χ3n) is 2.16. The van der Waals surface area contributed by atoms with Gasteiger partial charge in [0.05, 0.1) is 6.07 Å². The SMILES string of the molecule is N#CCN1Cc2ccccc2C1=O. The number of nitrogens with zero attached hydrogens (tertiary/aromatic N) is 2. The molecule has 1 aliphatic rings. The first kappa shape index (κ1) is 7.81. The quantitative estimate of drug-likeness (QED) is 0.597. The number of hydrogen-bond donors (Lipinski definition) is 0. The number of rotatable bonds is 1. The van der Waals surface area contributed by atoms with Crippen molar-refractivity contribution >= 4 is 5.91 Å². The van der Waals surface area contributed by atoms with Gasteiger partial charge in [-0.2, -0.15) is 5.26 Å². The summed E-state index contributed by atoms with van der Waals surface area (Å²) in [5.41, 5.74) is 1.75. The Balaban J connectivity index is 2.34. The van der Waals surface area contributed by atoms with E-state index in [1.165, 1.54) is 0 Å². The van der Waals surface area contributed by atoms with E-state index in [-0.39, 0.29) is 12.5 Å². The second-order valence-corrected chi connectivity index (χ2v) is 2.98. The Morgan fingerprint density at radius 1 is 1.46 bits per heavy atom. The van der Waals surface area contributed by atoms with Crippen molar-refractivity contribution in [3.05, 3.63) is 35.4 Å². The van der Waals surface area contributed by atoms with Crippen LogP contribution in [0, 0.1) is 11.3 Å². The summed E-state index contributed by atoms with van der Waals surface area (Å²) in [6, 6.07) is 9.45. The van der Waals surface area contributed by atoms with Gasteiger partial charge in [0.1, 0.15) is 6.54 Å². The second-order valence-electron chi connectivity index (χ2n) is 2.98. The molecular formula is C10H8N2O. The Morgan fingerprint density at radius 3 is 2.92 bits per heavy atom. The topological polar surface area (TPSA) is 44.1 Å². The van der Waals surface area contributed by atoms with Gasteiger partial charge in [-0.05, 0) is 11.6 Å². The number of benzene rings is 1. The zero-order chi connectivity index (χ0) is 9.26. The zero-order valence-corrected chi connectivity index (χ0v) is 7.03. The van der Waals surface area contributed by atoms with Crippen molar-refractivity contribution in [2.75, 3.05) is 6.54 Å². The lowest BCUT2D eigenvalue weighted by atomic mass is 10.1. The number of amides is 1. The second kappa shape index (κ2) is 2.91. The molecule has 3 nitrogen and oxygen atoms in total. The van der Waals surface area contributed by atoms with Gasteiger partial charge in [0.15, 0.2) is 0 Å². The Morgan fingerprint density at radius 2 is 2.23 bits per heavy atom. The van der Waals surface area contributed by atoms with Gasteiger partial charge in [0.2, 0.25) is 0 Å². The largest absolute Gasteiger partial charge is 0.321 e. The van der Waals surface area contributed by atoms with Crippen molar-refractivity contribution in [1.82, 2.24) is 4.90 Å². The van der Waals surface area contributed by atoms with E-state index >= 15 is 0 Å². The molecule has 13 heavy (non-hydrogen) atoms. The van der Waals surface area contributed by atoms with Gasteiger partial charge in [0, 0.05) is 12.1 Å². The predicted molar refractivity (Wildman–Crippen MR) is 46.8 cm³/mol. The fourth-order valence-corrected chi connectivity index (χ4v) is 1.53. The zero-order valence-electron chi connectivity index (χ0n) is 7.03. The highest BCUT2D eigenvalue weighted by Gasteiger charge is 2.25. The van der Waals surface area contributed by atoms with Crippen LogP contribution in [0.3, 0.4) is 0 Å². The monoisotopic (exact) mass is 172 g/mol. The summed E-state index contributed by atoms with van der Waals surface area (Å²) in [5.74, 6) is -0.0304. The molecule has 0 saturated carbocycles. The number of nitriles is 1. The van der Waals surface area contributed by atoms with Gasteiger partial charge < -0.3 is 4.90 Å². The maximum Gasteiger partial charge on any atom is 0.255 e. The molecule has 1 aromatic carbocycles. The molecule has 3 heteroatoms. The van der Waals surface area contributed by atoms with Crippen LogP contribution < -0.4 is 0 Å². The first-order valence-corrected chi connectivity index (χ1v) is 4.07. The minimum atomic E-state index is -0.0304. The van der Waals surface area contributed by atoms with E-state index in [1.807, 2.05) is 24.3 Å². The van der Waals surface area contributed by atoms with Crippen LogP contribution in [-0.4, -0.2) is 17.4 Å². The highest BCUT2D eigenvalue weighted by molar-refractivity contribution is 5.98. The Labute approximate surface area is 76.2 Å². The molecule has 1 heterocycles. The molecular weight excluding hydrogens is 164 g/mol. The van der Waals surface area contributed by atoms with Crippen LogP contribution in [0.25, 0.3) is 0 Å². The van der Waals surface area contributed by atoms with Gasteiger partial charge in [-0.1, -0.05) is 18.2 Å². The fourth-order valence-electron chi connectivity index (χ4n) is 1.53. The van der Waals surface area contributed by atoms with E-state index in [2.05, 4.69) is 0 Å². The minimum Gasteiger partial charge on any atom is -0.321 e. The molecule has 1 aromatic rings. The van der Waals surface area contributed by atoms with Crippen molar-refractivity contribution in [2.45, 2.75) is 6.54 Å². The van der Waals surface area contributed by atoms with Crippen LogP contribution in [0.1, 0.15) is 15.9 Å². The summed E-state index contributed by atoms with van der Waals surface area (Å²) >= 11 is 0. The standard InChI is InChI=1S/C10H8N2O/c11-5-6-12-7-8-3-1-2-4-9(8)10(12)13/h1-4H,6-7H2. The van der Waals surface area contributed by atoms with Gasteiger partial charge >= 0.3 is 0 Å². The van der Waals surface area contributed by atoms with E-state index in [4.69, 9.17) is 5.26 Å². The molecule has 0 spiro atoms. The molecule has 0 aromatic heterocycles. The maximum absolute atomic E-state index is 11.6. The Bertz CT molecular complexity index is 392. The van der Waals surface area contributed by atoms with E-state index in [1.54, 1.807) is 11.0 Å². The molecule has 0 unspecified atom stereocenters. The number of hydrogen-bond acceptors (Lipinski definition) is 2. The summed E-state index contributed by atoms with van der Waals surface area (Å²) in [6.07, 6.45) is 0. The van der Waals surface area contributed by atoms with E-state index in [9.17, 15) is 4.79 Å².